The highest BCUT2D eigenvalue weighted by molar-refractivity contribution is 7.91. The summed E-state index contributed by atoms with van der Waals surface area (Å²) in [4.78, 5) is 4.52. The number of hydrogen-bond donors (Lipinski definition) is 1. The molecule has 90 valence electrons. The summed E-state index contributed by atoms with van der Waals surface area (Å²) >= 11 is 1.63. The van der Waals surface area contributed by atoms with E-state index in [2.05, 4.69) is 4.98 Å². The van der Waals surface area contributed by atoms with Gasteiger partial charge in [-0.1, -0.05) is 0 Å². The average molecular weight is 260 g/mol. The van der Waals surface area contributed by atoms with Crippen LogP contribution < -0.4 is 5.73 Å². The number of rotatable bonds is 3. The SMILES string of the molecule is NCCc1nc(C2CCS(=O)(=O)CC2)cs1. The molecular formula is C10H16N2O2S2. The fraction of sp³-hybridized carbons (Fsp3) is 0.700. The maximum atomic E-state index is 11.3. The molecule has 2 heterocycles. The van der Waals surface area contributed by atoms with Crippen LogP contribution in [0.25, 0.3) is 0 Å². The van der Waals surface area contributed by atoms with Gasteiger partial charge in [0.05, 0.1) is 22.2 Å². The zero-order valence-electron chi connectivity index (χ0n) is 9.05. The van der Waals surface area contributed by atoms with Gasteiger partial charge < -0.3 is 5.73 Å². The largest absolute Gasteiger partial charge is 0.330 e. The summed E-state index contributed by atoms with van der Waals surface area (Å²) in [5.74, 6) is 0.939. The maximum absolute atomic E-state index is 11.3. The summed E-state index contributed by atoms with van der Waals surface area (Å²) in [6.07, 6.45) is 2.25. The Labute approximate surface area is 99.8 Å². The van der Waals surface area contributed by atoms with Crippen LogP contribution in [0.4, 0.5) is 0 Å². The minimum Gasteiger partial charge on any atom is -0.330 e. The zero-order chi connectivity index (χ0) is 11.6. The number of nitrogens with zero attached hydrogens (tertiary/aromatic N) is 1. The van der Waals surface area contributed by atoms with Crippen molar-refractivity contribution in [2.45, 2.75) is 25.2 Å². The summed E-state index contributed by atoms with van der Waals surface area (Å²) < 4.78 is 22.6. The molecule has 0 radical (unpaired) electrons. The van der Waals surface area contributed by atoms with Crippen LogP contribution in [-0.2, 0) is 16.3 Å². The average Bonchev–Trinajstić information content (AvgIpc) is 2.67. The fourth-order valence-corrected chi connectivity index (χ4v) is 4.32. The van der Waals surface area contributed by atoms with Gasteiger partial charge in [-0.2, -0.15) is 0 Å². The van der Waals surface area contributed by atoms with Crippen molar-refractivity contribution in [1.82, 2.24) is 4.98 Å². The quantitative estimate of drug-likeness (QED) is 0.877. The van der Waals surface area contributed by atoms with E-state index in [1.807, 2.05) is 5.38 Å². The van der Waals surface area contributed by atoms with Crippen molar-refractivity contribution < 1.29 is 8.42 Å². The van der Waals surface area contributed by atoms with Crippen LogP contribution in [0.3, 0.4) is 0 Å². The number of aromatic nitrogens is 1. The van der Waals surface area contributed by atoms with E-state index in [9.17, 15) is 8.42 Å². The first kappa shape index (κ1) is 12.0. The lowest BCUT2D eigenvalue weighted by Gasteiger charge is -2.19. The first-order chi connectivity index (χ1) is 7.61. The lowest BCUT2D eigenvalue weighted by Crippen LogP contribution is -2.22. The molecule has 16 heavy (non-hydrogen) atoms. The first-order valence-corrected chi connectivity index (χ1v) is 8.15. The second kappa shape index (κ2) is 4.81. The molecule has 0 saturated carbocycles. The Balaban J connectivity index is 2.02. The molecule has 1 aliphatic heterocycles. The highest BCUT2D eigenvalue weighted by atomic mass is 32.2. The molecule has 0 aliphatic carbocycles. The number of hydrogen-bond acceptors (Lipinski definition) is 5. The van der Waals surface area contributed by atoms with E-state index >= 15 is 0 Å². The van der Waals surface area contributed by atoms with Crippen molar-refractivity contribution >= 4 is 21.2 Å². The predicted octanol–water partition coefficient (Wildman–Crippen LogP) is 0.936. The standard InChI is InChI=1S/C10H16N2O2S2/c11-4-1-10-12-9(7-15-10)8-2-5-16(13,14)6-3-8/h7-8H,1-6,11H2. The van der Waals surface area contributed by atoms with Gasteiger partial charge in [0.2, 0.25) is 0 Å². The Morgan fingerprint density at radius 2 is 2.12 bits per heavy atom. The molecule has 4 nitrogen and oxygen atoms in total. The minimum absolute atomic E-state index is 0.307. The summed E-state index contributed by atoms with van der Waals surface area (Å²) in [5.41, 5.74) is 6.53. The first-order valence-electron chi connectivity index (χ1n) is 5.45. The Morgan fingerprint density at radius 3 is 2.75 bits per heavy atom. The molecule has 2 N–H and O–H groups in total. The topological polar surface area (TPSA) is 73.0 Å². The molecule has 1 aromatic rings. The van der Waals surface area contributed by atoms with Crippen LogP contribution in [-0.4, -0.2) is 31.5 Å². The number of thiazole rings is 1. The van der Waals surface area contributed by atoms with Crippen molar-refractivity contribution in [3.8, 4) is 0 Å². The molecule has 0 bridgehead atoms. The van der Waals surface area contributed by atoms with Gasteiger partial charge in [-0.25, -0.2) is 13.4 Å². The fourth-order valence-electron chi connectivity index (χ4n) is 1.94. The monoisotopic (exact) mass is 260 g/mol. The third-order valence-corrected chi connectivity index (χ3v) is 5.54. The van der Waals surface area contributed by atoms with Crippen LogP contribution >= 0.6 is 11.3 Å². The Hall–Kier alpha value is -0.460. The molecule has 2 rings (SSSR count). The molecule has 0 atom stereocenters. The highest BCUT2D eigenvalue weighted by Crippen LogP contribution is 2.29. The zero-order valence-corrected chi connectivity index (χ0v) is 10.7. The third-order valence-electron chi connectivity index (χ3n) is 2.90. The van der Waals surface area contributed by atoms with Crippen molar-refractivity contribution in [1.29, 1.82) is 0 Å². The molecular weight excluding hydrogens is 244 g/mol. The maximum Gasteiger partial charge on any atom is 0.150 e. The van der Waals surface area contributed by atoms with E-state index in [-0.39, 0.29) is 0 Å². The van der Waals surface area contributed by atoms with Gasteiger partial charge in [-0.3, -0.25) is 0 Å². The lowest BCUT2D eigenvalue weighted by atomic mass is 10.00. The molecule has 1 aromatic heterocycles. The lowest BCUT2D eigenvalue weighted by molar-refractivity contribution is 0.545. The van der Waals surface area contributed by atoms with Crippen LogP contribution in [0.2, 0.25) is 0 Å². The van der Waals surface area contributed by atoms with Gasteiger partial charge in [0, 0.05) is 17.7 Å². The molecule has 0 unspecified atom stereocenters. The van der Waals surface area contributed by atoms with Gasteiger partial charge >= 0.3 is 0 Å². The molecule has 1 saturated heterocycles. The van der Waals surface area contributed by atoms with Gasteiger partial charge in [-0.05, 0) is 19.4 Å². The molecule has 1 aliphatic rings. The van der Waals surface area contributed by atoms with E-state index < -0.39 is 9.84 Å². The molecule has 6 heteroatoms. The Morgan fingerprint density at radius 1 is 1.44 bits per heavy atom. The van der Waals surface area contributed by atoms with E-state index in [0.717, 1.165) is 17.1 Å². The third kappa shape index (κ3) is 2.81. The van der Waals surface area contributed by atoms with Gasteiger partial charge in [0.15, 0.2) is 0 Å². The van der Waals surface area contributed by atoms with Crippen LogP contribution in [0, 0.1) is 0 Å². The van der Waals surface area contributed by atoms with Crippen molar-refractivity contribution in [3.05, 3.63) is 16.1 Å². The van der Waals surface area contributed by atoms with Gasteiger partial charge in [0.1, 0.15) is 9.84 Å². The Kier molecular flexibility index (Phi) is 3.61. The smallest absolute Gasteiger partial charge is 0.150 e. The van der Waals surface area contributed by atoms with E-state index in [1.165, 1.54) is 0 Å². The number of nitrogens with two attached hydrogens (primary N) is 1. The minimum atomic E-state index is -2.77. The summed E-state index contributed by atoms with van der Waals surface area (Å²) in [5, 5.41) is 3.11. The second-order valence-corrected chi connectivity index (χ2v) is 7.38. The van der Waals surface area contributed by atoms with E-state index in [0.29, 0.717) is 36.8 Å². The van der Waals surface area contributed by atoms with Crippen LogP contribution in [0.5, 0.6) is 0 Å². The summed E-state index contributed by atoms with van der Waals surface area (Å²) in [6, 6.07) is 0. The predicted molar refractivity (Wildman–Crippen MR) is 65.5 cm³/mol. The van der Waals surface area contributed by atoms with E-state index in [4.69, 9.17) is 5.73 Å². The van der Waals surface area contributed by atoms with Crippen LogP contribution in [0.1, 0.15) is 29.5 Å². The van der Waals surface area contributed by atoms with Crippen LogP contribution in [0.15, 0.2) is 5.38 Å². The van der Waals surface area contributed by atoms with Crippen molar-refractivity contribution in [3.63, 3.8) is 0 Å². The second-order valence-electron chi connectivity index (χ2n) is 4.13. The Bertz CT molecular complexity index is 439. The van der Waals surface area contributed by atoms with Crippen molar-refractivity contribution in [2.24, 2.45) is 5.73 Å². The van der Waals surface area contributed by atoms with Crippen molar-refractivity contribution in [2.75, 3.05) is 18.1 Å². The van der Waals surface area contributed by atoms with E-state index in [1.54, 1.807) is 11.3 Å². The number of sulfone groups is 1. The summed E-state index contributed by atoms with van der Waals surface area (Å²) in [6.45, 7) is 0.617. The van der Waals surface area contributed by atoms with Gasteiger partial charge in [-0.15, -0.1) is 11.3 Å². The highest BCUT2D eigenvalue weighted by Gasteiger charge is 2.26. The molecule has 0 aromatic carbocycles. The summed E-state index contributed by atoms with van der Waals surface area (Å²) in [7, 11) is -2.77. The molecule has 0 spiro atoms. The molecule has 0 amide bonds. The molecule has 1 fully saturated rings. The normalized spacial score (nSPS) is 21.1. The van der Waals surface area contributed by atoms with Gasteiger partial charge in [0.25, 0.3) is 0 Å².